The van der Waals surface area contributed by atoms with Crippen LogP contribution < -0.4 is 20.1 Å². The summed E-state index contributed by atoms with van der Waals surface area (Å²) in [5.41, 5.74) is 0.329. The quantitative estimate of drug-likeness (QED) is 0.401. The molecule has 0 aliphatic heterocycles. The number of anilines is 1. The fraction of sp³-hybridized carbons (Fsp3) is 0.174. The van der Waals surface area contributed by atoms with Crippen molar-refractivity contribution in [3.63, 3.8) is 0 Å². The molecule has 2 N–H and O–H groups in total. The molecule has 0 saturated heterocycles. The Morgan fingerprint density at radius 2 is 1.91 bits per heavy atom. The van der Waals surface area contributed by atoms with Crippen LogP contribution in [0.4, 0.5) is 5.69 Å². The first-order valence-corrected chi connectivity index (χ1v) is 10.0. The number of aromatic nitrogens is 2. The molecular weight excluding hydrogens is 428 g/mol. The molecular formula is C23H22N4O6. The van der Waals surface area contributed by atoms with E-state index in [-0.39, 0.29) is 30.3 Å². The molecule has 0 radical (unpaired) electrons. The summed E-state index contributed by atoms with van der Waals surface area (Å²) in [6.07, 6.45) is 3.06. The molecule has 33 heavy (non-hydrogen) atoms. The lowest BCUT2D eigenvalue weighted by molar-refractivity contribution is 0.0943. The minimum atomic E-state index is -0.518. The van der Waals surface area contributed by atoms with E-state index >= 15 is 0 Å². The summed E-state index contributed by atoms with van der Waals surface area (Å²) in [5, 5.41) is 9.51. The number of aryl methyl sites for hydroxylation is 1. The lowest BCUT2D eigenvalue weighted by Crippen LogP contribution is -2.25. The highest BCUT2D eigenvalue weighted by molar-refractivity contribution is 6.07. The number of hydrogen-bond donors (Lipinski definition) is 2. The molecule has 4 rings (SSSR count). The average molecular weight is 450 g/mol. The van der Waals surface area contributed by atoms with Crippen molar-refractivity contribution in [3.8, 4) is 11.5 Å². The Bertz CT molecular complexity index is 1240. The van der Waals surface area contributed by atoms with E-state index in [1.807, 2.05) is 12.1 Å². The maximum absolute atomic E-state index is 12.7. The minimum absolute atomic E-state index is 0.0741. The maximum Gasteiger partial charge on any atom is 0.291 e. The van der Waals surface area contributed by atoms with Crippen LogP contribution in [-0.2, 0) is 20.2 Å². The van der Waals surface area contributed by atoms with E-state index in [4.69, 9.17) is 18.3 Å². The fourth-order valence-corrected chi connectivity index (χ4v) is 3.02. The first-order chi connectivity index (χ1) is 16.0. The van der Waals surface area contributed by atoms with Gasteiger partial charge in [0.25, 0.3) is 11.8 Å². The average Bonchev–Trinajstić information content (AvgIpc) is 3.57. The third-order valence-electron chi connectivity index (χ3n) is 4.60. The van der Waals surface area contributed by atoms with E-state index in [0.717, 1.165) is 0 Å². The Morgan fingerprint density at radius 1 is 1.06 bits per heavy atom. The van der Waals surface area contributed by atoms with E-state index in [0.29, 0.717) is 23.0 Å². The van der Waals surface area contributed by atoms with Gasteiger partial charge in [0.15, 0.2) is 11.5 Å². The zero-order valence-electron chi connectivity index (χ0n) is 18.0. The van der Waals surface area contributed by atoms with Gasteiger partial charge in [-0.2, -0.15) is 5.10 Å². The number of amides is 2. The second kappa shape index (κ2) is 9.77. The summed E-state index contributed by atoms with van der Waals surface area (Å²) in [4.78, 5) is 25.2. The van der Waals surface area contributed by atoms with Crippen LogP contribution in [0.3, 0.4) is 0 Å². The van der Waals surface area contributed by atoms with Gasteiger partial charge in [-0.1, -0.05) is 6.07 Å². The fourth-order valence-electron chi connectivity index (χ4n) is 3.02. The van der Waals surface area contributed by atoms with Gasteiger partial charge in [0.05, 0.1) is 25.6 Å². The number of ether oxygens (including phenoxy) is 2. The Hall–Kier alpha value is -4.47. The highest BCUT2D eigenvalue weighted by Crippen LogP contribution is 2.21. The summed E-state index contributed by atoms with van der Waals surface area (Å²) in [6, 6.07) is 13.8. The smallest absolute Gasteiger partial charge is 0.291 e. The van der Waals surface area contributed by atoms with Gasteiger partial charge >= 0.3 is 0 Å². The second-order valence-corrected chi connectivity index (χ2v) is 7.01. The highest BCUT2D eigenvalue weighted by Gasteiger charge is 2.20. The summed E-state index contributed by atoms with van der Waals surface area (Å²) < 4.78 is 23.1. The molecule has 2 amide bonds. The predicted octanol–water partition coefficient (Wildman–Crippen LogP) is 3.38. The molecule has 0 atom stereocenters. The van der Waals surface area contributed by atoms with E-state index in [9.17, 15) is 9.59 Å². The standard InChI is InChI=1S/C23H22N4O6/c1-27-13-19(21(26-27)23(29)24-12-17-7-4-10-31-17)25-22(28)20-9-8-18(33-20)14-32-16-6-3-5-15(11-16)30-2/h3-11,13H,12,14H2,1-2H3,(H,24,29)(H,25,28). The third-order valence-corrected chi connectivity index (χ3v) is 4.60. The van der Waals surface area contributed by atoms with E-state index < -0.39 is 11.8 Å². The van der Waals surface area contributed by atoms with Gasteiger partial charge in [-0.05, 0) is 36.4 Å². The summed E-state index contributed by atoms with van der Waals surface area (Å²) in [5.74, 6) is 1.45. The molecule has 1 aromatic carbocycles. The Balaban J connectivity index is 1.37. The number of nitrogens with one attached hydrogen (secondary N) is 2. The number of hydrogen-bond acceptors (Lipinski definition) is 7. The van der Waals surface area contributed by atoms with Gasteiger partial charge in [0.2, 0.25) is 0 Å². The highest BCUT2D eigenvalue weighted by atomic mass is 16.5. The number of nitrogens with zero attached hydrogens (tertiary/aromatic N) is 2. The number of benzene rings is 1. The topological polar surface area (TPSA) is 121 Å². The number of carbonyl (C=O) groups excluding carboxylic acids is 2. The van der Waals surface area contributed by atoms with Gasteiger partial charge in [0, 0.05) is 19.3 Å². The van der Waals surface area contributed by atoms with Crippen molar-refractivity contribution in [2.75, 3.05) is 12.4 Å². The van der Waals surface area contributed by atoms with E-state index in [1.165, 1.54) is 23.2 Å². The molecule has 0 unspecified atom stereocenters. The van der Waals surface area contributed by atoms with Crippen LogP contribution in [0.2, 0.25) is 0 Å². The Morgan fingerprint density at radius 3 is 2.70 bits per heavy atom. The van der Waals surface area contributed by atoms with Gasteiger partial charge < -0.3 is 28.9 Å². The third kappa shape index (κ3) is 5.42. The molecule has 3 heterocycles. The van der Waals surface area contributed by atoms with Crippen LogP contribution in [0.5, 0.6) is 11.5 Å². The molecule has 0 bridgehead atoms. The number of methoxy groups -OCH3 is 1. The number of carbonyl (C=O) groups is 2. The second-order valence-electron chi connectivity index (χ2n) is 7.01. The summed E-state index contributed by atoms with van der Waals surface area (Å²) >= 11 is 0. The van der Waals surface area contributed by atoms with Crippen LogP contribution in [0, 0.1) is 0 Å². The molecule has 0 fully saturated rings. The summed E-state index contributed by atoms with van der Waals surface area (Å²) in [6.45, 7) is 0.332. The first kappa shape index (κ1) is 21.8. The van der Waals surface area contributed by atoms with Gasteiger partial charge in [-0.25, -0.2) is 0 Å². The van der Waals surface area contributed by atoms with Crippen LogP contribution in [0.25, 0.3) is 0 Å². The molecule has 10 nitrogen and oxygen atoms in total. The zero-order valence-corrected chi connectivity index (χ0v) is 18.0. The maximum atomic E-state index is 12.7. The van der Waals surface area contributed by atoms with Crippen LogP contribution in [0.15, 0.2) is 69.8 Å². The largest absolute Gasteiger partial charge is 0.497 e. The van der Waals surface area contributed by atoms with Crippen molar-refractivity contribution in [2.45, 2.75) is 13.2 Å². The molecule has 0 aliphatic rings. The minimum Gasteiger partial charge on any atom is -0.497 e. The number of rotatable bonds is 9. The normalized spacial score (nSPS) is 10.6. The molecule has 10 heteroatoms. The molecule has 170 valence electrons. The van der Waals surface area contributed by atoms with Crippen LogP contribution in [0.1, 0.15) is 32.6 Å². The van der Waals surface area contributed by atoms with Crippen molar-refractivity contribution in [1.29, 1.82) is 0 Å². The van der Waals surface area contributed by atoms with Gasteiger partial charge in [-0.3, -0.25) is 14.3 Å². The van der Waals surface area contributed by atoms with Crippen LogP contribution in [-0.4, -0.2) is 28.7 Å². The van der Waals surface area contributed by atoms with Gasteiger partial charge in [0.1, 0.15) is 29.6 Å². The van der Waals surface area contributed by atoms with Crippen molar-refractivity contribution in [2.24, 2.45) is 7.05 Å². The van der Waals surface area contributed by atoms with Crippen LogP contribution >= 0.6 is 0 Å². The predicted molar refractivity (Wildman–Crippen MR) is 117 cm³/mol. The Kier molecular flexibility index (Phi) is 6.44. The Labute approximate surface area is 189 Å². The van der Waals surface area contributed by atoms with Crippen molar-refractivity contribution in [3.05, 3.63) is 84.0 Å². The lowest BCUT2D eigenvalue weighted by atomic mass is 10.3. The number of furan rings is 2. The first-order valence-electron chi connectivity index (χ1n) is 10.0. The van der Waals surface area contributed by atoms with Crippen molar-refractivity contribution >= 4 is 17.5 Å². The summed E-state index contributed by atoms with van der Waals surface area (Å²) in [7, 11) is 3.23. The van der Waals surface area contributed by atoms with Gasteiger partial charge in [-0.15, -0.1) is 0 Å². The monoisotopic (exact) mass is 450 g/mol. The lowest BCUT2D eigenvalue weighted by Gasteiger charge is -2.06. The molecule has 0 aliphatic carbocycles. The SMILES string of the molecule is COc1cccc(OCc2ccc(C(=O)Nc3cn(C)nc3C(=O)NCc3ccco3)o2)c1. The van der Waals surface area contributed by atoms with E-state index in [1.54, 1.807) is 44.5 Å². The molecule has 0 spiro atoms. The molecule has 0 saturated carbocycles. The van der Waals surface area contributed by atoms with Crippen molar-refractivity contribution < 1.29 is 27.9 Å². The van der Waals surface area contributed by atoms with Crippen molar-refractivity contribution in [1.82, 2.24) is 15.1 Å². The van der Waals surface area contributed by atoms with E-state index in [2.05, 4.69) is 15.7 Å². The zero-order chi connectivity index (χ0) is 23.2. The molecule has 3 aromatic heterocycles. The molecule has 4 aromatic rings.